The maximum absolute atomic E-state index is 11.8. The molecule has 0 unspecified atom stereocenters. The zero-order valence-corrected chi connectivity index (χ0v) is 19.5. The van der Waals surface area contributed by atoms with Gasteiger partial charge in [0.05, 0.1) is 10.4 Å². The minimum Gasteiger partial charge on any atom is -0.329 e. The normalized spacial score (nSPS) is 13.9. The third-order valence-electron chi connectivity index (χ3n) is 5.95. The number of nitrogens with zero attached hydrogens (tertiary/aromatic N) is 5. The van der Waals surface area contributed by atoms with Crippen molar-refractivity contribution in [2.24, 2.45) is 12.2 Å². The molecule has 9 nitrogen and oxygen atoms in total. The van der Waals surface area contributed by atoms with E-state index in [1.165, 1.54) is 30.0 Å². The van der Waals surface area contributed by atoms with E-state index in [4.69, 9.17) is 10.2 Å². The number of primary sulfonamides is 1. The lowest BCUT2D eigenvalue weighted by molar-refractivity contribution is 0.597. The Bertz CT molecular complexity index is 1480. The highest BCUT2D eigenvalue weighted by molar-refractivity contribution is 7.89. The number of aryl methyl sites for hydroxylation is 2. The molecule has 0 aliphatic heterocycles. The van der Waals surface area contributed by atoms with Crippen LogP contribution in [0.15, 0.2) is 53.6 Å². The molecule has 170 valence electrons. The topological polar surface area (TPSA) is 119 Å². The number of nitrogens with one attached hydrogen (secondary N) is 1. The molecule has 4 aromatic rings. The average Bonchev–Trinajstić information content (AvgIpc) is 3.55. The summed E-state index contributed by atoms with van der Waals surface area (Å²) in [7, 11) is 0.116. The van der Waals surface area contributed by atoms with Crippen LogP contribution in [0.3, 0.4) is 0 Å². The Morgan fingerprint density at radius 2 is 1.94 bits per heavy atom. The van der Waals surface area contributed by atoms with Gasteiger partial charge in [-0.1, -0.05) is 6.07 Å². The van der Waals surface area contributed by atoms with Crippen LogP contribution in [0, 0.1) is 6.92 Å². The van der Waals surface area contributed by atoms with Gasteiger partial charge >= 0.3 is 0 Å². The molecule has 0 saturated heterocycles. The van der Waals surface area contributed by atoms with Gasteiger partial charge in [0.1, 0.15) is 5.82 Å². The second-order valence-corrected chi connectivity index (χ2v) is 9.96. The summed E-state index contributed by atoms with van der Waals surface area (Å²) < 4.78 is 25.6. The van der Waals surface area contributed by atoms with Crippen molar-refractivity contribution in [3.63, 3.8) is 0 Å². The molecule has 1 saturated carbocycles. The third kappa shape index (κ3) is 4.14. The second kappa shape index (κ2) is 7.82. The zero-order chi connectivity index (χ0) is 23.3. The van der Waals surface area contributed by atoms with E-state index in [1.54, 1.807) is 25.3 Å². The number of hydrogen-bond donors (Lipinski definition) is 2. The van der Waals surface area contributed by atoms with Crippen molar-refractivity contribution in [3.05, 3.63) is 59.9 Å². The molecule has 5 rings (SSSR count). The van der Waals surface area contributed by atoms with Crippen LogP contribution >= 0.6 is 0 Å². The first-order chi connectivity index (χ1) is 15.7. The molecule has 2 aromatic heterocycles. The molecule has 0 atom stereocenters. The molecule has 10 heteroatoms. The molecule has 2 heterocycles. The Morgan fingerprint density at radius 3 is 2.67 bits per heavy atom. The number of fused-ring (bicyclic) bond motifs is 1. The van der Waals surface area contributed by atoms with Crippen molar-refractivity contribution >= 4 is 44.1 Å². The first-order valence-electron chi connectivity index (χ1n) is 10.6. The lowest BCUT2D eigenvalue weighted by Crippen LogP contribution is -2.14. The van der Waals surface area contributed by atoms with Gasteiger partial charge in [-0.25, -0.2) is 18.5 Å². The van der Waals surface area contributed by atoms with Gasteiger partial charge in [0, 0.05) is 48.7 Å². The van der Waals surface area contributed by atoms with Crippen LogP contribution in [0.2, 0.25) is 0 Å². The molecule has 0 spiro atoms. The van der Waals surface area contributed by atoms with E-state index in [9.17, 15) is 8.42 Å². The van der Waals surface area contributed by atoms with Crippen molar-refractivity contribution in [2.75, 3.05) is 17.3 Å². The SMILES string of the molecule is Cc1ccc(Nc2nccc(N(C)c3ccc4c(C5CC5)n(C)nc4c3)n2)cc1S(N)(=O)=O. The van der Waals surface area contributed by atoms with Gasteiger partial charge in [-0.15, -0.1) is 0 Å². The molecule has 1 aliphatic carbocycles. The fourth-order valence-electron chi connectivity index (χ4n) is 4.10. The minimum atomic E-state index is -3.82. The first kappa shape index (κ1) is 21.4. The molecule has 0 radical (unpaired) electrons. The second-order valence-electron chi connectivity index (χ2n) is 8.43. The van der Waals surface area contributed by atoms with Gasteiger partial charge < -0.3 is 10.2 Å². The smallest absolute Gasteiger partial charge is 0.238 e. The lowest BCUT2D eigenvalue weighted by atomic mass is 10.1. The molecule has 0 amide bonds. The summed E-state index contributed by atoms with van der Waals surface area (Å²) in [5, 5.41) is 14.3. The molecule has 2 aromatic carbocycles. The van der Waals surface area contributed by atoms with E-state index in [1.807, 2.05) is 29.7 Å². The van der Waals surface area contributed by atoms with Gasteiger partial charge in [-0.05, 0) is 61.7 Å². The highest BCUT2D eigenvalue weighted by Crippen LogP contribution is 2.43. The lowest BCUT2D eigenvalue weighted by Gasteiger charge is -2.19. The number of sulfonamides is 1. The first-order valence-corrected chi connectivity index (χ1v) is 12.2. The largest absolute Gasteiger partial charge is 0.329 e. The van der Waals surface area contributed by atoms with Crippen LogP contribution in [-0.4, -0.2) is 35.2 Å². The van der Waals surface area contributed by atoms with E-state index < -0.39 is 10.0 Å². The van der Waals surface area contributed by atoms with E-state index in [0.717, 1.165) is 11.2 Å². The van der Waals surface area contributed by atoms with E-state index in [-0.39, 0.29) is 4.90 Å². The number of rotatable bonds is 6. The van der Waals surface area contributed by atoms with Crippen molar-refractivity contribution < 1.29 is 8.42 Å². The van der Waals surface area contributed by atoms with Crippen molar-refractivity contribution in [2.45, 2.75) is 30.6 Å². The number of aromatic nitrogens is 4. The summed E-state index contributed by atoms with van der Waals surface area (Å²) in [4.78, 5) is 10.9. The number of hydrogen-bond acceptors (Lipinski definition) is 7. The fourth-order valence-corrected chi connectivity index (χ4v) is 4.91. The van der Waals surface area contributed by atoms with Crippen molar-refractivity contribution in [1.82, 2.24) is 19.7 Å². The monoisotopic (exact) mass is 463 g/mol. The predicted molar refractivity (Wildman–Crippen MR) is 129 cm³/mol. The Kier molecular flexibility index (Phi) is 5.06. The minimum absolute atomic E-state index is 0.0648. The van der Waals surface area contributed by atoms with Crippen LogP contribution in [0.25, 0.3) is 10.9 Å². The van der Waals surface area contributed by atoms with Crippen molar-refractivity contribution in [1.29, 1.82) is 0 Å². The van der Waals surface area contributed by atoms with E-state index >= 15 is 0 Å². The summed E-state index contributed by atoms with van der Waals surface area (Å²) in [6.07, 6.45) is 4.11. The Morgan fingerprint density at radius 1 is 1.15 bits per heavy atom. The summed E-state index contributed by atoms with van der Waals surface area (Å²) in [5.74, 6) is 1.65. The van der Waals surface area contributed by atoms with Crippen LogP contribution in [0.1, 0.15) is 30.0 Å². The van der Waals surface area contributed by atoms with Crippen LogP contribution in [0.5, 0.6) is 0 Å². The van der Waals surface area contributed by atoms with Gasteiger partial charge in [0.2, 0.25) is 16.0 Å². The Hall–Kier alpha value is -3.50. The van der Waals surface area contributed by atoms with Gasteiger partial charge in [0.25, 0.3) is 0 Å². The molecular weight excluding hydrogens is 438 g/mol. The van der Waals surface area contributed by atoms with E-state index in [0.29, 0.717) is 28.9 Å². The highest BCUT2D eigenvalue weighted by Gasteiger charge is 2.29. The maximum atomic E-state index is 11.8. The zero-order valence-electron chi connectivity index (χ0n) is 18.6. The van der Waals surface area contributed by atoms with Gasteiger partial charge in [-0.3, -0.25) is 4.68 Å². The van der Waals surface area contributed by atoms with Gasteiger partial charge in [-0.2, -0.15) is 10.1 Å². The Labute approximate surface area is 192 Å². The summed E-state index contributed by atoms with van der Waals surface area (Å²) >= 11 is 0. The Balaban J connectivity index is 1.42. The standard InChI is InChI=1S/C23H25N7O2S/c1-14-4-7-16(12-20(14)33(24,31)32)26-23-25-11-10-21(27-23)29(2)17-8-9-18-19(13-17)28-30(3)22(18)15-5-6-15/h4,7-13,15H,5-6H2,1-3H3,(H2,24,31,32)(H,25,26,27). The number of nitrogens with two attached hydrogens (primary N) is 1. The molecule has 1 fully saturated rings. The molecule has 1 aliphatic rings. The van der Waals surface area contributed by atoms with E-state index in [2.05, 4.69) is 33.5 Å². The quantitative estimate of drug-likeness (QED) is 0.447. The summed E-state index contributed by atoms with van der Waals surface area (Å²) in [6.45, 7) is 1.70. The number of benzene rings is 2. The maximum Gasteiger partial charge on any atom is 0.238 e. The van der Waals surface area contributed by atoms with Crippen molar-refractivity contribution in [3.8, 4) is 0 Å². The summed E-state index contributed by atoms with van der Waals surface area (Å²) in [6, 6.07) is 13.0. The molecule has 3 N–H and O–H groups in total. The van der Waals surface area contributed by atoms with Gasteiger partial charge in [0.15, 0.2) is 0 Å². The molecule has 0 bridgehead atoms. The fraction of sp³-hybridized carbons (Fsp3) is 0.261. The summed E-state index contributed by atoms with van der Waals surface area (Å²) in [5.41, 5.74) is 4.34. The van der Waals surface area contributed by atoms with Crippen LogP contribution in [0.4, 0.5) is 23.1 Å². The van der Waals surface area contributed by atoms with Crippen LogP contribution < -0.4 is 15.4 Å². The number of anilines is 4. The predicted octanol–water partition coefficient (Wildman–Crippen LogP) is 3.71. The molecular formula is C23H25N7O2S. The molecule has 33 heavy (non-hydrogen) atoms. The van der Waals surface area contributed by atoms with Crippen LogP contribution in [-0.2, 0) is 17.1 Å². The third-order valence-corrected chi connectivity index (χ3v) is 7.00. The average molecular weight is 464 g/mol. The highest BCUT2D eigenvalue weighted by atomic mass is 32.2.